The van der Waals surface area contributed by atoms with Crippen molar-refractivity contribution in [2.45, 2.75) is 32.1 Å². The molecule has 6 nitrogen and oxygen atoms in total. The molecule has 0 aromatic heterocycles. The Morgan fingerprint density at radius 1 is 0.967 bits per heavy atom. The van der Waals surface area contributed by atoms with Crippen molar-refractivity contribution in [3.05, 3.63) is 59.7 Å². The van der Waals surface area contributed by atoms with Crippen molar-refractivity contribution in [3.8, 4) is 11.5 Å². The number of nitrogens with zero attached hydrogens (tertiary/aromatic N) is 2. The fraction of sp³-hybridized carbons (Fsp3) is 0.500. The molecule has 162 valence electrons. The number of β-amino-alcohol motifs (C(OH)–C–C–N with tert-alkyl or cyclic N) is 1. The second-order valence-electron chi connectivity index (χ2n) is 8.06. The van der Waals surface area contributed by atoms with E-state index in [1.54, 1.807) is 0 Å². The number of rotatable bonds is 9. The second-order valence-corrected chi connectivity index (χ2v) is 8.06. The first-order chi connectivity index (χ1) is 14.7. The lowest BCUT2D eigenvalue weighted by Crippen LogP contribution is -2.48. The molecular formula is C24H32N2O4. The Bertz CT molecular complexity index is 793. The number of aliphatic hydroxyl groups is 1. The maximum Gasteiger partial charge on any atom is 0.231 e. The Hall–Kier alpha value is -2.12. The number of hydrogen-bond acceptors (Lipinski definition) is 6. The molecule has 2 aliphatic rings. The van der Waals surface area contributed by atoms with E-state index in [0.717, 1.165) is 50.6 Å². The number of benzene rings is 2. The topological polar surface area (TPSA) is 54.4 Å². The van der Waals surface area contributed by atoms with E-state index in [1.807, 2.05) is 24.3 Å². The largest absolute Gasteiger partial charge is 0.454 e. The molecule has 2 aromatic rings. The molecule has 2 atom stereocenters. The minimum atomic E-state index is -0.469. The predicted octanol–water partition coefficient (Wildman–Crippen LogP) is 3.06. The highest BCUT2D eigenvalue weighted by Gasteiger charge is 2.21. The molecule has 0 bridgehead atoms. The minimum Gasteiger partial charge on any atom is -0.454 e. The third kappa shape index (κ3) is 5.52. The number of piperazine rings is 1. The van der Waals surface area contributed by atoms with E-state index in [4.69, 9.17) is 14.2 Å². The van der Waals surface area contributed by atoms with E-state index < -0.39 is 6.10 Å². The Balaban J connectivity index is 1.18. The molecule has 0 amide bonds. The molecule has 2 unspecified atom stereocenters. The monoisotopic (exact) mass is 412 g/mol. The van der Waals surface area contributed by atoms with Crippen molar-refractivity contribution in [3.63, 3.8) is 0 Å². The zero-order chi connectivity index (χ0) is 20.8. The van der Waals surface area contributed by atoms with Gasteiger partial charge in [-0.25, -0.2) is 0 Å². The van der Waals surface area contributed by atoms with Crippen LogP contribution < -0.4 is 9.47 Å². The lowest BCUT2D eigenvalue weighted by atomic mass is 10.1. The Morgan fingerprint density at radius 3 is 2.47 bits per heavy atom. The van der Waals surface area contributed by atoms with E-state index in [-0.39, 0.29) is 6.10 Å². The second kappa shape index (κ2) is 10.3. The summed E-state index contributed by atoms with van der Waals surface area (Å²) in [6, 6.07) is 16.4. The molecule has 2 aliphatic heterocycles. The Morgan fingerprint density at radius 2 is 1.70 bits per heavy atom. The molecule has 1 N–H and O–H groups in total. The smallest absolute Gasteiger partial charge is 0.231 e. The standard InChI is InChI=1S/C24H32N2O4/c1-2-22(20-6-4-3-5-7-20)28-17-21(27)16-26-12-10-25(11-13-26)15-19-8-9-23-24(14-19)30-18-29-23/h3-9,14,21-22,27H,2,10-13,15-18H2,1H3. The van der Waals surface area contributed by atoms with Gasteiger partial charge in [0.15, 0.2) is 11.5 Å². The van der Waals surface area contributed by atoms with Crippen LogP contribution in [0.25, 0.3) is 0 Å². The molecule has 2 heterocycles. The third-order valence-electron chi connectivity index (χ3n) is 5.81. The van der Waals surface area contributed by atoms with Crippen LogP contribution in [0.1, 0.15) is 30.6 Å². The zero-order valence-corrected chi connectivity index (χ0v) is 17.7. The number of hydrogen-bond donors (Lipinski definition) is 1. The van der Waals surface area contributed by atoms with Crippen molar-refractivity contribution >= 4 is 0 Å². The van der Waals surface area contributed by atoms with Crippen molar-refractivity contribution in [1.29, 1.82) is 0 Å². The van der Waals surface area contributed by atoms with Gasteiger partial charge in [0.2, 0.25) is 6.79 Å². The molecule has 30 heavy (non-hydrogen) atoms. The van der Waals surface area contributed by atoms with Gasteiger partial charge in [0.25, 0.3) is 0 Å². The Labute approximate surface area is 179 Å². The van der Waals surface area contributed by atoms with E-state index in [1.165, 1.54) is 11.1 Å². The maximum atomic E-state index is 10.5. The van der Waals surface area contributed by atoms with Crippen LogP contribution in [0.15, 0.2) is 48.5 Å². The summed E-state index contributed by atoms with van der Waals surface area (Å²) in [7, 11) is 0. The minimum absolute atomic E-state index is 0.0411. The SMILES string of the molecule is CCC(OCC(O)CN1CCN(Cc2ccc3c(c2)OCO3)CC1)c1ccccc1. The summed E-state index contributed by atoms with van der Waals surface area (Å²) in [5, 5.41) is 10.5. The highest BCUT2D eigenvalue weighted by atomic mass is 16.7. The molecule has 1 fully saturated rings. The summed E-state index contributed by atoms with van der Waals surface area (Å²) in [5.41, 5.74) is 2.41. The molecule has 0 saturated carbocycles. The lowest BCUT2D eigenvalue weighted by Gasteiger charge is -2.35. The van der Waals surface area contributed by atoms with Gasteiger partial charge in [-0.15, -0.1) is 0 Å². The average Bonchev–Trinajstić information content (AvgIpc) is 3.24. The maximum absolute atomic E-state index is 10.5. The van der Waals surface area contributed by atoms with Crippen LogP contribution in [0, 0.1) is 0 Å². The van der Waals surface area contributed by atoms with Gasteiger partial charge >= 0.3 is 0 Å². The van der Waals surface area contributed by atoms with Crippen molar-refractivity contribution in [2.24, 2.45) is 0 Å². The zero-order valence-electron chi connectivity index (χ0n) is 17.7. The van der Waals surface area contributed by atoms with Crippen LogP contribution >= 0.6 is 0 Å². The van der Waals surface area contributed by atoms with Gasteiger partial charge in [-0.05, 0) is 29.7 Å². The summed E-state index contributed by atoms with van der Waals surface area (Å²) < 4.78 is 16.9. The van der Waals surface area contributed by atoms with Gasteiger partial charge in [0, 0.05) is 39.3 Å². The quantitative estimate of drug-likeness (QED) is 0.683. The van der Waals surface area contributed by atoms with Crippen LogP contribution in [0.2, 0.25) is 0 Å². The summed E-state index contributed by atoms with van der Waals surface area (Å²) in [4.78, 5) is 4.77. The lowest BCUT2D eigenvalue weighted by molar-refractivity contribution is -0.0284. The molecule has 1 saturated heterocycles. The van der Waals surface area contributed by atoms with Crippen molar-refractivity contribution in [2.75, 3.05) is 46.1 Å². The average molecular weight is 413 g/mol. The fourth-order valence-electron chi connectivity index (χ4n) is 4.12. The van der Waals surface area contributed by atoms with Crippen LogP contribution in [0.5, 0.6) is 11.5 Å². The molecular weight excluding hydrogens is 380 g/mol. The van der Waals surface area contributed by atoms with E-state index in [2.05, 4.69) is 41.0 Å². The van der Waals surface area contributed by atoms with Crippen LogP contribution in [-0.4, -0.2) is 67.1 Å². The summed E-state index contributed by atoms with van der Waals surface area (Å²) >= 11 is 0. The van der Waals surface area contributed by atoms with E-state index in [0.29, 0.717) is 19.9 Å². The third-order valence-corrected chi connectivity index (χ3v) is 5.81. The van der Waals surface area contributed by atoms with Gasteiger partial charge in [-0.2, -0.15) is 0 Å². The van der Waals surface area contributed by atoms with Crippen LogP contribution in [-0.2, 0) is 11.3 Å². The first-order valence-electron chi connectivity index (χ1n) is 10.9. The van der Waals surface area contributed by atoms with Crippen molar-refractivity contribution in [1.82, 2.24) is 9.80 Å². The number of aliphatic hydroxyl groups excluding tert-OH is 1. The van der Waals surface area contributed by atoms with Gasteiger partial charge < -0.3 is 19.3 Å². The molecule has 4 rings (SSSR count). The first kappa shape index (κ1) is 21.1. The molecule has 0 aliphatic carbocycles. The fourth-order valence-corrected chi connectivity index (χ4v) is 4.12. The molecule has 0 spiro atoms. The number of fused-ring (bicyclic) bond motifs is 1. The number of ether oxygens (including phenoxy) is 3. The van der Waals surface area contributed by atoms with Gasteiger partial charge in [0.05, 0.1) is 18.8 Å². The van der Waals surface area contributed by atoms with Gasteiger partial charge in [0.1, 0.15) is 0 Å². The van der Waals surface area contributed by atoms with E-state index >= 15 is 0 Å². The van der Waals surface area contributed by atoms with Crippen LogP contribution in [0.3, 0.4) is 0 Å². The Kier molecular flexibility index (Phi) is 7.23. The summed E-state index contributed by atoms with van der Waals surface area (Å²) in [6.45, 7) is 8.25. The van der Waals surface area contributed by atoms with Gasteiger partial charge in [-0.1, -0.05) is 43.3 Å². The predicted molar refractivity (Wildman–Crippen MR) is 116 cm³/mol. The molecule has 6 heteroatoms. The summed E-state index contributed by atoms with van der Waals surface area (Å²) in [6.07, 6.45) is 0.470. The first-order valence-corrected chi connectivity index (χ1v) is 10.9. The van der Waals surface area contributed by atoms with Gasteiger partial charge in [-0.3, -0.25) is 9.80 Å². The molecule has 2 aromatic carbocycles. The highest BCUT2D eigenvalue weighted by Crippen LogP contribution is 2.32. The summed E-state index contributed by atoms with van der Waals surface area (Å²) in [5.74, 6) is 1.67. The molecule has 0 radical (unpaired) electrons. The van der Waals surface area contributed by atoms with E-state index in [9.17, 15) is 5.11 Å². The van der Waals surface area contributed by atoms with Crippen LogP contribution in [0.4, 0.5) is 0 Å². The van der Waals surface area contributed by atoms with Crippen molar-refractivity contribution < 1.29 is 19.3 Å². The normalized spacial score (nSPS) is 19.0. The highest BCUT2D eigenvalue weighted by molar-refractivity contribution is 5.44.